The summed E-state index contributed by atoms with van der Waals surface area (Å²) in [6, 6.07) is 6.90. The molecule has 1 N–H and O–H groups in total. The van der Waals surface area contributed by atoms with Crippen LogP contribution in [0.15, 0.2) is 18.2 Å². The third-order valence-corrected chi connectivity index (χ3v) is 3.60. The van der Waals surface area contributed by atoms with Crippen LogP contribution in [0.5, 0.6) is 5.75 Å². The minimum absolute atomic E-state index is 0.0964. The van der Waals surface area contributed by atoms with Gasteiger partial charge in [0.1, 0.15) is 11.9 Å². The lowest BCUT2D eigenvalue weighted by molar-refractivity contribution is 0.0915. The van der Waals surface area contributed by atoms with E-state index in [1.807, 2.05) is 6.92 Å². The molecule has 19 heavy (non-hydrogen) atoms. The fourth-order valence-electron chi connectivity index (χ4n) is 2.75. The third-order valence-electron chi connectivity index (χ3n) is 3.60. The predicted molar refractivity (Wildman–Crippen MR) is 77.8 cm³/mol. The second-order valence-electron chi connectivity index (χ2n) is 5.25. The SMILES string of the molecule is CCCNC1CCc2c(OC(C)COC)cccc21. The van der Waals surface area contributed by atoms with Crippen LogP contribution in [0.25, 0.3) is 0 Å². The Morgan fingerprint density at radius 2 is 2.26 bits per heavy atom. The van der Waals surface area contributed by atoms with E-state index in [1.54, 1.807) is 7.11 Å². The molecule has 1 aliphatic carbocycles. The van der Waals surface area contributed by atoms with Crippen LogP contribution in [0.4, 0.5) is 0 Å². The Balaban J connectivity index is 2.09. The Hall–Kier alpha value is -1.06. The largest absolute Gasteiger partial charge is 0.488 e. The standard InChI is InChI=1S/C16H25NO2/c1-4-10-17-15-9-8-14-13(15)6-5-7-16(14)19-12(2)11-18-3/h5-7,12,15,17H,4,8-11H2,1-3H3. The van der Waals surface area contributed by atoms with Gasteiger partial charge in [0.05, 0.1) is 6.61 Å². The van der Waals surface area contributed by atoms with E-state index in [0.717, 1.165) is 18.7 Å². The van der Waals surface area contributed by atoms with Crippen LogP contribution in [-0.4, -0.2) is 26.4 Å². The Kier molecular flexibility index (Phi) is 5.23. The molecule has 1 aromatic carbocycles. The van der Waals surface area contributed by atoms with Gasteiger partial charge in [-0.3, -0.25) is 0 Å². The van der Waals surface area contributed by atoms with Gasteiger partial charge in [0.25, 0.3) is 0 Å². The monoisotopic (exact) mass is 263 g/mol. The summed E-state index contributed by atoms with van der Waals surface area (Å²) in [6.07, 6.45) is 3.55. The second-order valence-corrected chi connectivity index (χ2v) is 5.25. The Bertz CT molecular complexity index is 406. The van der Waals surface area contributed by atoms with Gasteiger partial charge in [0.15, 0.2) is 0 Å². The molecule has 3 heteroatoms. The van der Waals surface area contributed by atoms with Crippen molar-refractivity contribution < 1.29 is 9.47 Å². The average molecular weight is 263 g/mol. The first-order valence-electron chi connectivity index (χ1n) is 7.27. The molecule has 106 valence electrons. The third kappa shape index (κ3) is 3.48. The summed E-state index contributed by atoms with van der Waals surface area (Å²) in [4.78, 5) is 0. The van der Waals surface area contributed by atoms with Gasteiger partial charge in [-0.15, -0.1) is 0 Å². The molecule has 0 saturated carbocycles. The number of fused-ring (bicyclic) bond motifs is 1. The van der Waals surface area contributed by atoms with Crippen LogP contribution >= 0.6 is 0 Å². The fourth-order valence-corrected chi connectivity index (χ4v) is 2.75. The summed E-state index contributed by atoms with van der Waals surface area (Å²) >= 11 is 0. The van der Waals surface area contributed by atoms with Crippen molar-refractivity contribution in [2.24, 2.45) is 0 Å². The van der Waals surface area contributed by atoms with E-state index >= 15 is 0 Å². The molecule has 3 nitrogen and oxygen atoms in total. The molecule has 0 bridgehead atoms. The van der Waals surface area contributed by atoms with Gasteiger partial charge < -0.3 is 14.8 Å². The highest BCUT2D eigenvalue weighted by molar-refractivity contribution is 5.45. The van der Waals surface area contributed by atoms with Gasteiger partial charge in [0.2, 0.25) is 0 Å². The van der Waals surface area contributed by atoms with Gasteiger partial charge in [-0.25, -0.2) is 0 Å². The van der Waals surface area contributed by atoms with Gasteiger partial charge in [-0.1, -0.05) is 19.1 Å². The van der Waals surface area contributed by atoms with Gasteiger partial charge >= 0.3 is 0 Å². The summed E-state index contributed by atoms with van der Waals surface area (Å²) in [5, 5.41) is 3.61. The van der Waals surface area contributed by atoms with Crippen LogP contribution < -0.4 is 10.1 Å². The molecule has 0 radical (unpaired) electrons. The molecule has 0 saturated heterocycles. The van der Waals surface area contributed by atoms with Gasteiger partial charge in [-0.2, -0.15) is 0 Å². The van der Waals surface area contributed by atoms with Crippen LogP contribution in [0.1, 0.15) is 43.9 Å². The molecule has 1 aliphatic rings. The first-order chi connectivity index (χ1) is 9.26. The maximum absolute atomic E-state index is 6.00. The van der Waals surface area contributed by atoms with Crippen LogP contribution in [0.3, 0.4) is 0 Å². The molecule has 0 heterocycles. The summed E-state index contributed by atoms with van der Waals surface area (Å²) in [6.45, 7) is 5.95. The zero-order valence-corrected chi connectivity index (χ0v) is 12.2. The number of rotatable bonds is 7. The Morgan fingerprint density at radius 3 is 3.00 bits per heavy atom. The lowest BCUT2D eigenvalue weighted by Gasteiger charge is -2.18. The number of hydrogen-bond acceptors (Lipinski definition) is 3. The van der Waals surface area contributed by atoms with Crippen molar-refractivity contribution in [2.45, 2.75) is 45.3 Å². The Labute approximate surface area is 116 Å². The summed E-state index contributed by atoms with van der Waals surface area (Å²) in [5.74, 6) is 1.03. The van der Waals surface area contributed by atoms with Crippen LogP contribution in [-0.2, 0) is 11.2 Å². The zero-order valence-electron chi connectivity index (χ0n) is 12.2. The van der Waals surface area contributed by atoms with Gasteiger partial charge in [0, 0.05) is 13.2 Å². The maximum atomic E-state index is 6.00. The lowest BCUT2D eigenvalue weighted by atomic mass is 10.1. The maximum Gasteiger partial charge on any atom is 0.123 e. The number of nitrogens with one attached hydrogen (secondary N) is 1. The van der Waals surface area contributed by atoms with E-state index in [9.17, 15) is 0 Å². The Morgan fingerprint density at radius 1 is 1.42 bits per heavy atom. The van der Waals surface area contributed by atoms with Crippen molar-refractivity contribution in [1.82, 2.24) is 5.32 Å². The van der Waals surface area contributed by atoms with Crippen molar-refractivity contribution in [3.63, 3.8) is 0 Å². The summed E-state index contributed by atoms with van der Waals surface area (Å²) < 4.78 is 11.1. The smallest absolute Gasteiger partial charge is 0.123 e. The van der Waals surface area contributed by atoms with E-state index in [2.05, 4.69) is 30.4 Å². The number of ether oxygens (including phenoxy) is 2. The molecule has 0 amide bonds. The molecule has 2 atom stereocenters. The zero-order chi connectivity index (χ0) is 13.7. The first kappa shape index (κ1) is 14.4. The highest BCUT2D eigenvalue weighted by Gasteiger charge is 2.25. The fraction of sp³-hybridized carbons (Fsp3) is 0.625. The lowest BCUT2D eigenvalue weighted by Crippen LogP contribution is -2.20. The van der Waals surface area contributed by atoms with E-state index < -0.39 is 0 Å². The van der Waals surface area contributed by atoms with Crippen molar-refractivity contribution in [3.8, 4) is 5.75 Å². The number of methoxy groups -OCH3 is 1. The minimum Gasteiger partial charge on any atom is -0.488 e. The van der Waals surface area contributed by atoms with E-state index in [1.165, 1.54) is 24.0 Å². The quantitative estimate of drug-likeness (QED) is 0.820. The average Bonchev–Trinajstić information content (AvgIpc) is 2.81. The molecule has 2 unspecified atom stereocenters. The predicted octanol–water partition coefficient (Wildman–Crippen LogP) is 3.09. The first-order valence-corrected chi connectivity index (χ1v) is 7.27. The molecule has 0 aliphatic heterocycles. The normalized spacial score (nSPS) is 19.2. The molecule has 1 aromatic rings. The summed E-state index contributed by atoms with van der Waals surface area (Å²) in [7, 11) is 1.71. The van der Waals surface area contributed by atoms with Crippen molar-refractivity contribution in [2.75, 3.05) is 20.3 Å². The second kappa shape index (κ2) is 6.92. The van der Waals surface area contributed by atoms with Crippen LogP contribution in [0, 0.1) is 0 Å². The highest BCUT2D eigenvalue weighted by atomic mass is 16.5. The van der Waals surface area contributed by atoms with Crippen molar-refractivity contribution in [1.29, 1.82) is 0 Å². The van der Waals surface area contributed by atoms with E-state index in [-0.39, 0.29) is 6.10 Å². The molecular formula is C16H25NO2. The van der Waals surface area contributed by atoms with Crippen molar-refractivity contribution in [3.05, 3.63) is 29.3 Å². The molecule has 0 spiro atoms. The number of benzene rings is 1. The van der Waals surface area contributed by atoms with Crippen molar-refractivity contribution >= 4 is 0 Å². The molecule has 0 aromatic heterocycles. The topological polar surface area (TPSA) is 30.5 Å². The molecule has 0 fully saturated rings. The molecular weight excluding hydrogens is 238 g/mol. The van der Waals surface area contributed by atoms with Crippen LogP contribution in [0.2, 0.25) is 0 Å². The summed E-state index contributed by atoms with van der Waals surface area (Å²) in [5.41, 5.74) is 2.79. The number of hydrogen-bond donors (Lipinski definition) is 1. The van der Waals surface area contributed by atoms with Gasteiger partial charge in [-0.05, 0) is 49.9 Å². The molecule has 2 rings (SSSR count). The highest BCUT2D eigenvalue weighted by Crippen LogP contribution is 2.37. The van der Waals surface area contributed by atoms with E-state index in [4.69, 9.17) is 9.47 Å². The van der Waals surface area contributed by atoms with E-state index in [0.29, 0.717) is 12.6 Å². The minimum atomic E-state index is 0.0964.